The van der Waals surface area contributed by atoms with E-state index in [0.717, 1.165) is 22.7 Å². The molecule has 1 amide bonds. The van der Waals surface area contributed by atoms with Crippen LogP contribution in [0.3, 0.4) is 0 Å². The molecule has 0 radical (unpaired) electrons. The number of nitrogens with one attached hydrogen (secondary N) is 1. The van der Waals surface area contributed by atoms with Crippen LogP contribution in [-0.2, 0) is 4.79 Å². The Morgan fingerprint density at radius 1 is 1.17 bits per heavy atom. The van der Waals surface area contributed by atoms with Gasteiger partial charge in [0.05, 0.1) is 18.5 Å². The van der Waals surface area contributed by atoms with Crippen molar-refractivity contribution in [3.63, 3.8) is 0 Å². The highest BCUT2D eigenvalue weighted by Gasteiger charge is 2.12. The highest BCUT2D eigenvalue weighted by atomic mass is 16.5. The van der Waals surface area contributed by atoms with Crippen LogP contribution in [-0.4, -0.2) is 23.3 Å². The molecule has 0 unspecified atom stereocenters. The highest BCUT2D eigenvalue weighted by Crippen LogP contribution is 2.26. The van der Waals surface area contributed by atoms with Crippen LogP contribution in [0.4, 0.5) is 5.69 Å². The van der Waals surface area contributed by atoms with Gasteiger partial charge in [-0.2, -0.15) is 10.4 Å². The Bertz CT molecular complexity index is 890. The number of methoxy groups -OCH3 is 1. The lowest BCUT2D eigenvalue weighted by molar-refractivity contribution is -0.105. The molecule has 0 aliphatic rings. The lowest BCUT2D eigenvalue weighted by Crippen LogP contribution is -2.00. The quantitative estimate of drug-likeness (QED) is 0.733. The maximum Gasteiger partial charge on any atom is 0.211 e. The molecule has 0 aliphatic carbocycles. The third kappa shape index (κ3) is 2.96. The average Bonchev–Trinajstić information content (AvgIpc) is 3.07. The Balaban J connectivity index is 2.05. The van der Waals surface area contributed by atoms with E-state index in [4.69, 9.17) is 4.74 Å². The summed E-state index contributed by atoms with van der Waals surface area (Å²) in [6.07, 6.45) is 0.624. The van der Waals surface area contributed by atoms with Crippen molar-refractivity contribution in [1.82, 2.24) is 9.78 Å². The van der Waals surface area contributed by atoms with E-state index < -0.39 is 0 Å². The Kier molecular flexibility index (Phi) is 4.25. The molecule has 0 aliphatic heterocycles. The number of rotatable bonds is 5. The normalized spacial score (nSPS) is 10.0. The van der Waals surface area contributed by atoms with Gasteiger partial charge < -0.3 is 10.1 Å². The van der Waals surface area contributed by atoms with Crippen LogP contribution in [0.15, 0.2) is 54.6 Å². The zero-order valence-electron chi connectivity index (χ0n) is 12.9. The Morgan fingerprint density at radius 2 is 1.88 bits per heavy atom. The number of aromatic nitrogens is 2. The first kappa shape index (κ1) is 15.3. The van der Waals surface area contributed by atoms with Gasteiger partial charge in [0.2, 0.25) is 6.41 Å². The molecule has 0 fully saturated rings. The van der Waals surface area contributed by atoms with Gasteiger partial charge in [0.1, 0.15) is 11.8 Å². The molecule has 3 rings (SSSR count). The summed E-state index contributed by atoms with van der Waals surface area (Å²) >= 11 is 0. The van der Waals surface area contributed by atoms with E-state index in [1.54, 1.807) is 30.0 Å². The van der Waals surface area contributed by atoms with Gasteiger partial charge >= 0.3 is 0 Å². The second kappa shape index (κ2) is 6.67. The van der Waals surface area contributed by atoms with Gasteiger partial charge in [0, 0.05) is 17.3 Å². The first-order valence-electron chi connectivity index (χ1n) is 7.20. The minimum absolute atomic E-state index is 0.330. The number of carbonyl (C=O) groups is 1. The summed E-state index contributed by atoms with van der Waals surface area (Å²) in [5, 5.41) is 16.1. The molecule has 0 saturated carbocycles. The average molecular weight is 318 g/mol. The molecule has 2 aromatic carbocycles. The molecule has 0 saturated heterocycles. The maximum absolute atomic E-state index is 10.5. The van der Waals surface area contributed by atoms with Crippen molar-refractivity contribution in [2.75, 3.05) is 12.4 Å². The summed E-state index contributed by atoms with van der Waals surface area (Å²) in [6.45, 7) is 0. The predicted molar refractivity (Wildman–Crippen MR) is 90.0 cm³/mol. The number of nitrogens with zero attached hydrogens (tertiary/aromatic N) is 3. The topological polar surface area (TPSA) is 79.9 Å². The summed E-state index contributed by atoms with van der Waals surface area (Å²) in [5.74, 6) is 0.759. The Morgan fingerprint density at radius 3 is 2.46 bits per heavy atom. The zero-order chi connectivity index (χ0) is 16.9. The van der Waals surface area contributed by atoms with E-state index >= 15 is 0 Å². The molecule has 0 bridgehead atoms. The van der Waals surface area contributed by atoms with E-state index in [1.807, 2.05) is 36.4 Å². The number of nitriles is 1. The van der Waals surface area contributed by atoms with E-state index in [9.17, 15) is 10.1 Å². The van der Waals surface area contributed by atoms with E-state index in [1.165, 1.54) is 0 Å². The van der Waals surface area contributed by atoms with E-state index in [2.05, 4.69) is 16.5 Å². The number of carbonyl (C=O) groups excluding carboxylic acids is 1. The van der Waals surface area contributed by atoms with Crippen molar-refractivity contribution in [3.05, 3.63) is 60.3 Å². The fraction of sp³-hybridized carbons (Fsp3) is 0.0556. The number of ether oxygens (including phenoxy) is 1. The first-order valence-corrected chi connectivity index (χ1v) is 7.20. The minimum Gasteiger partial charge on any atom is -0.497 e. The molecule has 1 heterocycles. The lowest BCUT2D eigenvalue weighted by atomic mass is 10.1. The zero-order valence-corrected chi connectivity index (χ0v) is 12.9. The molecule has 0 spiro atoms. The highest BCUT2D eigenvalue weighted by molar-refractivity contribution is 5.72. The molecule has 6 heteroatoms. The molecular formula is C18H14N4O2. The fourth-order valence-corrected chi connectivity index (χ4v) is 2.37. The largest absolute Gasteiger partial charge is 0.497 e. The molecule has 1 aromatic heterocycles. The van der Waals surface area contributed by atoms with Gasteiger partial charge in [-0.15, -0.1) is 0 Å². The summed E-state index contributed by atoms with van der Waals surface area (Å²) in [4.78, 5) is 10.5. The van der Waals surface area contributed by atoms with Crippen molar-refractivity contribution in [1.29, 1.82) is 5.26 Å². The summed E-state index contributed by atoms with van der Waals surface area (Å²) in [5.41, 5.74) is 3.52. The summed E-state index contributed by atoms with van der Waals surface area (Å²) in [7, 11) is 1.61. The van der Waals surface area contributed by atoms with E-state index in [0.29, 0.717) is 17.8 Å². The molecule has 6 nitrogen and oxygen atoms in total. The number of benzene rings is 2. The maximum atomic E-state index is 10.5. The minimum atomic E-state index is 0.330. The second-order valence-corrected chi connectivity index (χ2v) is 4.98. The third-order valence-corrected chi connectivity index (χ3v) is 3.55. The van der Waals surface area contributed by atoms with Crippen LogP contribution in [0.25, 0.3) is 16.9 Å². The van der Waals surface area contributed by atoms with Crippen LogP contribution in [0.1, 0.15) is 5.69 Å². The van der Waals surface area contributed by atoms with Crippen LogP contribution in [0.2, 0.25) is 0 Å². The van der Waals surface area contributed by atoms with Crippen LogP contribution < -0.4 is 10.1 Å². The second-order valence-electron chi connectivity index (χ2n) is 4.98. The molecule has 1 N–H and O–H groups in total. The van der Waals surface area contributed by atoms with Crippen LogP contribution in [0, 0.1) is 11.3 Å². The number of anilines is 1. The van der Waals surface area contributed by atoms with Gasteiger partial charge in [0.25, 0.3) is 0 Å². The lowest BCUT2D eigenvalue weighted by Gasteiger charge is -2.09. The molecular weight excluding hydrogens is 304 g/mol. The Labute approximate surface area is 138 Å². The fourth-order valence-electron chi connectivity index (χ4n) is 2.37. The number of hydrogen-bond acceptors (Lipinski definition) is 4. The molecule has 118 valence electrons. The predicted octanol–water partition coefficient (Wildman–Crippen LogP) is 2.99. The third-order valence-electron chi connectivity index (χ3n) is 3.55. The van der Waals surface area contributed by atoms with Gasteiger partial charge in [-0.1, -0.05) is 0 Å². The monoisotopic (exact) mass is 318 g/mol. The molecule has 24 heavy (non-hydrogen) atoms. The van der Waals surface area contributed by atoms with Gasteiger partial charge in [0.15, 0.2) is 5.69 Å². The van der Waals surface area contributed by atoms with Crippen LogP contribution >= 0.6 is 0 Å². The van der Waals surface area contributed by atoms with Crippen molar-refractivity contribution in [2.45, 2.75) is 0 Å². The van der Waals surface area contributed by atoms with Crippen molar-refractivity contribution in [2.24, 2.45) is 0 Å². The summed E-state index contributed by atoms with van der Waals surface area (Å²) < 4.78 is 6.87. The SMILES string of the molecule is COc1ccc(-c2cc(C#N)nn2-c2ccc(NC=O)cc2)cc1. The number of hydrogen-bond donors (Lipinski definition) is 1. The number of amides is 1. The molecule has 0 atom stereocenters. The van der Waals surface area contributed by atoms with Crippen molar-refractivity contribution in [3.8, 4) is 28.8 Å². The first-order chi connectivity index (χ1) is 11.7. The van der Waals surface area contributed by atoms with Gasteiger partial charge in [-0.25, -0.2) is 4.68 Å². The Hall–Kier alpha value is -3.59. The molecule has 3 aromatic rings. The smallest absolute Gasteiger partial charge is 0.211 e. The van der Waals surface area contributed by atoms with E-state index in [-0.39, 0.29) is 0 Å². The summed E-state index contributed by atoms with van der Waals surface area (Å²) in [6, 6.07) is 18.5. The standard InChI is InChI=1S/C18H14N4O2/c1-24-17-8-2-13(3-9-17)18-10-15(11-19)21-22(18)16-6-4-14(5-7-16)20-12-23/h2-10,12H,1H3,(H,20,23). The van der Waals surface area contributed by atoms with Crippen molar-refractivity contribution < 1.29 is 9.53 Å². The van der Waals surface area contributed by atoms with Crippen LogP contribution in [0.5, 0.6) is 5.75 Å². The van der Waals surface area contributed by atoms with Gasteiger partial charge in [-0.05, 0) is 48.5 Å². The van der Waals surface area contributed by atoms with Gasteiger partial charge in [-0.3, -0.25) is 4.79 Å². The van der Waals surface area contributed by atoms with Crippen molar-refractivity contribution >= 4 is 12.1 Å².